The van der Waals surface area contributed by atoms with Gasteiger partial charge in [-0.1, -0.05) is 36.4 Å². The van der Waals surface area contributed by atoms with Gasteiger partial charge in [-0.3, -0.25) is 4.79 Å². The highest BCUT2D eigenvalue weighted by Gasteiger charge is 2.17. The summed E-state index contributed by atoms with van der Waals surface area (Å²) in [6.45, 7) is 2.63. The SMILES string of the molecule is O=C(Cc1ccc(-c2cccc3ncoc23)cc1)N1CCOCC1. The van der Waals surface area contributed by atoms with Gasteiger partial charge in [-0.15, -0.1) is 0 Å². The Balaban J connectivity index is 1.52. The Bertz CT molecular complexity index is 848. The lowest BCUT2D eigenvalue weighted by Gasteiger charge is -2.26. The van der Waals surface area contributed by atoms with E-state index in [-0.39, 0.29) is 5.91 Å². The van der Waals surface area contributed by atoms with Gasteiger partial charge in [-0.2, -0.15) is 0 Å². The third-order valence-electron chi connectivity index (χ3n) is 4.34. The summed E-state index contributed by atoms with van der Waals surface area (Å²) in [5, 5.41) is 0. The molecule has 0 unspecified atom stereocenters. The molecule has 0 spiro atoms. The molecule has 1 fully saturated rings. The van der Waals surface area contributed by atoms with Crippen LogP contribution in [-0.2, 0) is 16.0 Å². The Morgan fingerprint density at radius 3 is 2.67 bits per heavy atom. The van der Waals surface area contributed by atoms with Gasteiger partial charge in [0.05, 0.1) is 19.6 Å². The molecule has 0 bridgehead atoms. The summed E-state index contributed by atoms with van der Waals surface area (Å²) in [6, 6.07) is 14.0. The van der Waals surface area contributed by atoms with Crippen molar-refractivity contribution in [2.45, 2.75) is 6.42 Å². The molecule has 4 rings (SSSR count). The van der Waals surface area contributed by atoms with Crippen molar-refractivity contribution in [1.29, 1.82) is 0 Å². The van der Waals surface area contributed by atoms with Crippen LogP contribution in [0.3, 0.4) is 0 Å². The number of carbonyl (C=O) groups is 1. The molecule has 2 aromatic carbocycles. The van der Waals surface area contributed by atoms with Gasteiger partial charge < -0.3 is 14.1 Å². The highest BCUT2D eigenvalue weighted by atomic mass is 16.5. The van der Waals surface area contributed by atoms with Gasteiger partial charge in [0.1, 0.15) is 5.52 Å². The molecule has 1 amide bonds. The van der Waals surface area contributed by atoms with Crippen LogP contribution in [0.1, 0.15) is 5.56 Å². The zero-order valence-corrected chi connectivity index (χ0v) is 13.3. The highest BCUT2D eigenvalue weighted by Crippen LogP contribution is 2.28. The maximum atomic E-state index is 12.3. The molecule has 1 aliphatic rings. The maximum Gasteiger partial charge on any atom is 0.227 e. The number of carbonyl (C=O) groups excluding carboxylic acids is 1. The number of para-hydroxylation sites is 1. The summed E-state index contributed by atoms with van der Waals surface area (Å²) >= 11 is 0. The van der Waals surface area contributed by atoms with E-state index in [1.165, 1.54) is 6.39 Å². The topological polar surface area (TPSA) is 55.6 Å². The van der Waals surface area contributed by atoms with E-state index in [4.69, 9.17) is 9.15 Å². The predicted octanol–water partition coefficient (Wildman–Crippen LogP) is 2.90. The molecule has 1 saturated heterocycles. The Labute approximate surface area is 139 Å². The quantitative estimate of drug-likeness (QED) is 0.744. The minimum absolute atomic E-state index is 0.156. The fourth-order valence-corrected chi connectivity index (χ4v) is 3.01. The Morgan fingerprint density at radius 1 is 1.08 bits per heavy atom. The van der Waals surface area contributed by atoms with Gasteiger partial charge in [0.2, 0.25) is 5.91 Å². The van der Waals surface area contributed by atoms with Crippen LogP contribution in [-0.4, -0.2) is 42.1 Å². The lowest BCUT2D eigenvalue weighted by molar-refractivity contribution is -0.134. The number of oxazole rings is 1. The Kier molecular flexibility index (Phi) is 4.01. The number of benzene rings is 2. The minimum Gasteiger partial charge on any atom is -0.443 e. The first-order valence-electron chi connectivity index (χ1n) is 8.08. The van der Waals surface area contributed by atoms with Crippen molar-refractivity contribution < 1.29 is 13.9 Å². The predicted molar refractivity (Wildman–Crippen MR) is 90.5 cm³/mol. The molecule has 0 atom stereocenters. The van der Waals surface area contributed by atoms with E-state index in [2.05, 4.69) is 4.98 Å². The second-order valence-corrected chi connectivity index (χ2v) is 5.87. The molecule has 0 saturated carbocycles. The molecule has 1 aliphatic heterocycles. The summed E-state index contributed by atoms with van der Waals surface area (Å²) in [6.07, 6.45) is 1.89. The molecule has 0 aliphatic carbocycles. The van der Waals surface area contributed by atoms with Gasteiger partial charge in [0.15, 0.2) is 12.0 Å². The molecular weight excluding hydrogens is 304 g/mol. The fraction of sp³-hybridized carbons (Fsp3) is 0.263. The number of hydrogen-bond donors (Lipinski definition) is 0. The van der Waals surface area contributed by atoms with Crippen LogP contribution in [0.4, 0.5) is 0 Å². The van der Waals surface area contributed by atoms with E-state index < -0.39 is 0 Å². The largest absolute Gasteiger partial charge is 0.443 e. The monoisotopic (exact) mass is 322 g/mol. The van der Waals surface area contributed by atoms with E-state index in [0.29, 0.717) is 32.7 Å². The average Bonchev–Trinajstić information content (AvgIpc) is 3.12. The summed E-state index contributed by atoms with van der Waals surface area (Å²) in [5.41, 5.74) is 4.71. The molecule has 0 radical (unpaired) electrons. The van der Waals surface area contributed by atoms with Crippen molar-refractivity contribution in [2.75, 3.05) is 26.3 Å². The van der Waals surface area contributed by atoms with Crippen molar-refractivity contribution in [3.05, 3.63) is 54.4 Å². The number of hydrogen-bond acceptors (Lipinski definition) is 4. The Hall–Kier alpha value is -2.66. The number of aromatic nitrogens is 1. The van der Waals surface area contributed by atoms with Gasteiger partial charge in [0.25, 0.3) is 0 Å². The van der Waals surface area contributed by atoms with E-state index >= 15 is 0 Å². The minimum atomic E-state index is 0.156. The molecule has 5 nitrogen and oxygen atoms in total. The lowest BCUT2D eigenvalue weighted by atomic mass is 10.0. The molecule has 24 heavy (non-hydrogen) atoms. The summed E-state index contributed by atoms with van der Waals surface area (Å²) in [7, 11) is 0. The van der Waals surface area contributed by atoms with Gasteiger partial charge in [0, 0.05) is 18.7 Å². The third-order valence-corrected chi connectivity index (χ3v) is 4.34. The second-order valence-electron chi connectivity index (χ2n) is 5.87. The molecular formula is C19H18N2O3. The van der Waals surface area contributed by atoms with Crippen molar-refractivity contribution >= 4 is 17.0 Å². The summed E-state index contributed by atoms with van der Waals surface area (Å²) in [4.78, 5) is 18.4. The normalized spacial score (nSPS) is 14.9. The Morgan fingerprint density at radius 2 is 1.88 bits per heavy atom. The van der Waals surface area contributed by atoms with Crippen LogP contribution in [0.2, 0.25) is 0 Å². The van der Waals surface area contributed by atoms with Crippen molar-refractivity contribution in [3.63, 3.8) is 0 Å². The number of nitrogens with zero attached hydrogens (tertiary/aromatic N) is 2. The summed E-state index contributed by atoms with van der Waals surface area (Å²) < 4.78 is 10.8. The van der Waals surface area contributed by atoms with Crippen molar-refractivity contribution in [3.8, 4) is 11.1 Å². The van der Waals surface area contributed by atoms with E-state index in [0.717, 1.165) is 27.8 Å². The standard InChI is InChI=1S/C19H18N2O3/c22-18(21-8-10-23-11-9-21)12-14-4-6-15(7-5-14)16-2-1-3-17-19(16)24-13-20-17/h1-7,13H,8-12H2. The second kappa shape index (κ2) is 6.45. The highest BCUT2D eigenvalue weighted by molar-refractivity contribution is 5.90. The van der Waals surface area contributed by atoms with Crippen LogP contribution in [0.25, 0.3) is 22.2 Å². The molecule has 2 heterocycles. The number of ether oxygens (including phenoxy) is 1. The first-order chi connectivity index (χ1) is 11.8. The van der Waals surface area contributed by atoms with Crippen molar-refractivity contribution in [1.82, 2.24) is 9.88 Å². The molecule has 3 aromatic rings. The van der Waals surface area contributed by atoms with Crippen LogP contribution < -0.4 is 0 Å². The van der Waals surface area contributed by atoms with Crippen molar-refractivity contribution in [2.24, 2.45) is 0 Å². The molecule has 5 heteroatoms. The first-order valence-corrected chi connectivity index (χ1v) is 8.08. The van der Waals surface area contributed by atoms with E-state index in [1.54, 1.807) is 0 Å². The lowest BCUT2D eigenvalue weighted by Crippen LogP contribution is -2.41. The average molecular weight is 322 g/mol. The van der Waals surface area contributed by atoms with E-state index in [1.807, 2.05) is 47.4 Å². The first kappa shape index (κ1) is 14.9. The van der Waals surface area contributed by atoms with Gasteiger partial charge in [-0.05, 0) is 17.2 Å². The zero-order valence-electron chi connectivity index (χ0n) is 13.3. The van der Waals surface area contributed by atoms with Gasteiger partial charge in [-0.25, -0.2) is 4.98 Å². The number of fused-ring (bicyclic) bond motifs is 1. The molecule has 122 valence electrons. The number of rotatable bonds is 3. The third kappa shape index (κ3) is 2.90. The smallest absolute Gasteiger partial charge is 0.227 e. The summed E-state index contributed by atoms with van der Waals surface area (Å²) in [5.74, 6) is 0.156. The molecule has 1 aromatic heterocycles. The van der Waals surface area contributed by atoms with Crippen LogP contribution in [0.15, 0.2) is 53.3 Å². The number of morpholine rings is 1. The van der Waals surface area contributed by atoms with Crippen LogP contribution in [0, 0.1) is 0 Å². The zero-order chi connectivity index (χ0) is 16.4. The maximum absolute atomic E-state index is 12.3. The van der Waals surface area contributed by atoms with E-state index in [9.17, 15) is 4.79 Å². The molecule has 0 N–H and O–H groups in total. The van der Waals surface area contributed by atoms with Crippen LogP contribution in [0.5, 0.6) is 0 Å². The van der Waals surface area contributed by atoms with Crippen LogP contribution >= 0.6 is 0 Å². The fourth-order valence-electron chi connectivity index (χ4n) is 3.01. The number of amides is 1. The van der Waals surface area contributed by atoms with Gasteiger partial charge >= 0.3 is 0 Å².